The lowest BCUT2D eigenvalue weighted by Crippen LogP contribution is -1.91. The molecule has 0 unspecified atom stereocenters. The third-order valence-electron chi connectivity index (χ3n) is 1.06. The minimum absolute atomic E-state index is 0.0680. The number of rotatable bonds is 1. The van der Waals surface area contributed by atoms with Crippen LogP contribution in [0.1, 0.15) is 16.1 Å². The Morgan fingerprint density at radius 1 is 1.64 bits per heavy atom. The highest BCUT2D eigenvalue weighted by Gasteiger charge is 1.99. The van der Waals surface area contributed by atoms with Crippen LogP contribution in [0.25, 0.3) is 0 Å². The fourth-order valence-electron chi connectivity index (χ4n) is 0.642. The van der Waals surface area contributed by atoms with Gasteiger partial charge in [0.05, 0.1) is 11.6 Å². The van der Waals surface area contributed by atoms with Gasteiger partial charge in [-0.15, -0.1) is 0 Å². The van der Waals surface area contributed by atoms with Gasteiger partial charge in [-0.3, -0.25) is 4.79 Å². The molecule has 1 heterocycles. The largest absolute Gasteiger partial charge is 0.296 e. The van der Waals surface area contributed by atoms with Gasteiger partial charge < -0.3 is 0 Å². The van der Waals surface area contributed by atoms with Crippen LogP contribution >= 0.6 is 0 Å². The Balaban J connectivity index is 3.25. The molecule has 0 atom stereocenters. The van der Waals surface area contributed by atoms with Crippen molar-refractivity contribution in [3.8, 4) is 6.07 Å². The number of aldehydes is 1. The van der Waals surface area contributed by atoms with Crippen molar-refractivity contribution in [3.05, 3.63) is 29.3 Å². The van der Waals surface area contributed by atoms with Crippen molar-refractivity contribution in [1.29, 1.82) is 5.26 Å². The van der Waals surface area contributed by atoms with Gasteiger partial charge in [0.25, 0.3) is 0 Å². The monoisotopic (exact) mass is 150 g/mol. The maximum Gasteiger partial charge on any atom is 0.214 e. The number of carbonyl (C=O) groups is 1. The summed E-state index contributed by atoms with van der Waals surface area (Å²) < 4.78 is 12.4. The first-order valence-electron chi connectivity index (χ1n) is 2.79. The Kier molecular flexibility index (Phi) is 1.93. The van der Waals surface area contributed by atoms with Crippen molar-refractivity contribution in [2.45, 2.75) is 0 Å². The summed E-state index contributed by atoms with van der Waals surface area (Å²) in [6.07, 6.45) is 0.393. The Hall–Kier alpha value is -1.76. The quantitative estimate of drug-likeness (QED) is 0.441. The smallest absolute Gasteiger partial charge is 0.214 e. The van der Waals surface area contributed by atoms with Crippen molar-refractivity contribution in [3.63, 3.8) is 0 Å². The van der Waals surface area contributed by atoms with Gasteiger partial charge in [0.1, 0.15) is 5.69 Å². The van der Waals surface area contributed by atoms with Gasteiger partial charge in [-0.05, 0) is 6.07 Å². The third-order valence-corrected chi connectivity index (χ3v) is 1.06. The van der Waals surface area contributed by atoms with Crippen LogP contribution in [0.15, 0.2) is 12.1 Å². The molecule has 0 fully saturated rings. The minimum Gasteiger partial charge on any atom is -0.296 e. The molecule has 0 bridgehead atoms. The van der Waals surface area contributed by atoms with E-state index in [1.54, 1.807) is 6.07 Å². The zero-order valence-corrected chi connectivity index (χ0v) is 5.41. The van der Waals surface area contributed by atoms with Crippen LogP contribution < -0.4 is 0 Å². The van der Waals surface area contributed by atoms with Crippen molar-refractivity contribution >= 4 is 6.29 Å². The molecule has 4 heteroatoms. The first-order chi connectivity index (χ1) is 5.26. The Morgan fingerprint density at radius 3 is 2.91 bits per heavy atom. The van der Waals surface area contributed by atoms with Gasteiger partial charge in [-0.25, -0.2) is 4.98 Å². The van der Waals surface area contributed by atoms with E-state index in [0.29, 0.717) is 6.29 Å². The lowest BCUT2D eigenvalue weighted by molar-refractivity contribution is 0.111. The molecule has 1 rings (SSSR count). The number of hydrogen-bond donors (Lipinski definition) is 0. The van der Waals surface area contributed by atoms with Gasteiger partial charge in [0, 0.05) is 6.07 Å². The molecule has 0 saturated carbocycles. The number of aromatic nitrogens is 1. The molecule has 0 aliphatic rings. The van der Waals surface area contributed by atoms with E-state index >= 15 is 0 Å². The van der Waals surface area contributed by atoms with E-state index in [2.05, 4.69) is 4.98 Å². The fraction of sp³-hybridized carbons (Fsp3) is 0. The maximum absolute atomic E-state index is 12.4. The summed E-state index contributed by atoms with van der Waals surface area (Å²) in [5, 5.41) is 8.32. The van der Waals surface area contributed by atoms with Crippen LogP contribution in [-0.4, -0.2) is 11.3 Å². The zero-order valence-electron chi connectivity index (χ0n) is 5.41. The summed E-state index contributed by atoms with van der Waals surface area (Å²) in [5.41, 5.74) is 0.0288. The van der Waals surface area contributed by atoms with Crippen LogP contribution in [0.3, 0.4) is 0 Å². The van der Waals surface area contributed by atoms with Crippen molar-refractivity contribution in [2.75, 3.05) is 0 Å². The third kappa shape index (κ3) is 1.58. The maximum atomic E-state index is 12.4. The molecule has 0 aliphatic carbocycles. The molecule has 0 radical (unpaired) electrons. The van der Waals surface area contributed by atoms with Gasteiger partial charge in [0.2, 0.25) is 5.95 Å². The van der Waals surface area contributed by atoms with Crippen LogP contribution in [0.4, 0.5) is 4.39 Å². The molecule has 0 aromatic carbocycles. The van der Waals surface area contributed by atoms with Gasteiger partial charge >= 0.3 is 0 Å². The average molecular weight is 150 g/mol. The van der Waals surface area contributed by atoms with E-state index in [-0.39, 0.29) is 11.3 Å². The summed E-state index contributed by atoms with van der Waals surface area (Å²) in [7, 11) is 0. The molecule has 0 aliphatic heterocycles. The molecule has 3 nitrogen and oxygen atoms in total. The summed E-state index contributed by atoms with van der Waals surface area (Å²) in [6, 6.07) is 3.89. The predicted octanol–water partition coefficient (Wildman–Crippen LogP) is 0.905. The number of hydrogen-bond acceptors (Lipinski definition) is 3. The Morgan fingerprint density at radius 2 is 2.36 bits per heavy atom. The second-order valence-corrected chi connectivity index (χ2v) is 1.83. The molecular formula is C7H3FN2O. The number of pyridine rings is 1. The van der Waals surface area contributed by atoms with Crippen molar-refractivity contribution in [1.82, 2.24) is 4.98 Å². The minimum atomic E-state index is -0.814. The second kappa shape index (κ2) is 2.88. The summed E-state index contributed by atoms with van der Waals surface area (Å²) >= 11 is 0. The van der Waals surface area contributed by atoms with E-state index in [4.69, 9.17) is 5.26 Å². The average Bonchev–Trinajstić information content (AvgIpc) is 2.03. The molecule has 54 valence electrons. The highest BCUT2D eigenvalue weighted by molar-refractivity contribution is 5.72. The summed E-state index contributed by atoms with van der Waals surface area (Å²) in [6.45, 7) is 0. The fourth-order valence-corrected chi connectivity index (χ4v) is 0.642. The van der Waals surface area contributed by atoms with E-state index in [1.807, 2.05) is 0 Å². The topological polar surface area (TPSA) is 53.8 Å². The van der Waals surface area contributed by atoms with Gasteiger partial charge in [-0.2, -0.15) is 9.65 Å². The normalized spacial score (nSPS) is 8.73. The molecular weight excluding hydrogens is 147 g/mol. The van der Waals surface area contributed by atoms with E-state index < -0.39 is 5.95 Å². The number of carbonyl (C=O) groups excluding carboxylic acids is 1. The Labute approximate surface area is 62.1 Å². The summed E-state index contributed by atoms with van der Waals surface area (Å²) in [4.78, 5) is 13.3. The van der Waals surface area contributed by atoms with E-state index in [9.17, 15) is 9.18 Å². The molecule has 0 amide bonds. The number of nitrogens with zero attached hydrogens (tertiary/aromatic N) is 2. The van der Waals surface area contributed by atoms with Crippen LogP contribution in [0.2, 0.25) is 0 Å². The highest BCUT2D eigenvalue weighted by Crippen LogP contribution is 2.01. The Bertz CT molecular complexity index is 330. The second-order valence-electron chi connectivity index (χ2n) is 1.83. The van der Waals surface area contributed by atoms with Crippen LogP contribution in [-0.2, 0) is 0 Å². The first kappa shape index (κ1) is 7.35. The lowest BCUT2D eigenvalue weighted by atomic mass is 10.2. The van der Waals surface area contributed by atoms with E-state index in [1.165, 1.54) is 6.07 Å². The molecule has 1 aromatic rings. The lowest BCUT2D eigenvalue weighted by Gasteiger charge is -1.90. The van der Waals surface area contributed by atoms with Crippen molar-refractivity contribution in [2.24, 2.45) is 0 Å². The summed E-state index contributed by atoms with van der Waals surface area (Å²) in [5.74, 6) is -0.814. The van der Waals surface area contributed by atoms with Gasteiger partial charge in [0.15, 0.2) is 6.29 Å². The zero-order chi connectivity index (χ0) is 8.27. The number of nitriles is 1. The van der Waals surface area contributed by atoms with Gasteiger partial charge in [-0.1, -0.05) is 0 Å². The molecule has 0 saturated heterocycles. The van der Waals surface area contributed by atoms with Crippen molar-refractivity contribution < 1.29 is 9.18 Å². The predicted molar refractivity (Wildman–Crippen MR) is 34.3 cm³/mol. The molecule has 1 aromatic heterocycles. The molecule has 11 heavy (non-hydrogen) atoms. The standard InChI is InChI=1S/C7H3FN2O/c8-7-2-5(3-9)1-6(4-11)10-7/h1-2,4H. The van der Waals surface area contributed by atoms with Crippen LogP contribution in [0.5, 0.6) is 0 Å². The van der Waals surface area contributed by atoms with E-state index in [0.717, 1.165) is 6.07 Å². The molecule has 0 N–H and O–H groups in total. The highest BCUT2D eigenvalue weighted by atomic mass is 19.1. The SMILES string of the molecule is N#Cc1cc(F)nc(C=O)c1. The first-order valence-corrected chi connectivity index (χ1v) is 2.79. The number of halogens is 1. The van der Waals surface area contributed by atoms with Crippen LogP contribution in [0, 0.1) is 17.3 Å². The molecule has 0 spiro atoms.